The van der Waals surface area contributed by atoms with Gasteiger partial charge in [0.15, 0.2) is 0 Å². The number of aromatic nitrogens is 1. The smallest absolute Gasteiger partial charge is 0.408 e. The van der Waals surface area contributed by atoms with Crippen LogP contribution in [0.4, 0.5) is 4.79 Å². The number of pyridine rings is 1. The van der Waals surface area contributed by atoms with Gasteiger partial charge in [0.2, 0.25) is 0 Å². The second-order valence-corrected chi connectivity index (χ2v) is 7.70. The first-order valence-corrected chi connectivity index (χ1v) is 10.3. The number of fused-ring (bicyclic) bond motifs is 1. The highest BCUT2D eigenvalue weighted by molar-refractivity contribution is 6.35. The van der Waals surface area contributed by atoms with E-state index in [1.54, 1.807) is 24.4 Å². The molecule has 1 unspecified atom stereocenters. The minimum absolute atomic E-state index is 0.0553. The van der Waals surface area contributed by atoms with Crippen molar-refractivity contribution in [1.29, 1.82) is 0 Å². The van der Waals surface area contributed by atoms with Gasteiger partial charge in [-0.3, -0.25) is 9.88 Å². The summed E-state index contributed by atoms with van der Waals surface area (Å²) in [5.41, 5.74) is 2.59. The molecule has 2 N–H and O–H groups in total. The van der Waals surface area contributed by atoms with Crippen LogP contribution >= 0.6 is 11.6 Å². The zero-order valence-electron chi connectivity index (χ0n) is 16.6. The van der Waals surface area contributed by atoms with Crippen LogP contribution in [0.3, 0.4) is 0 Å². The lowest BCUT2D eigenvalue weighted by Crippen LogP contribution is -2.34. The Morgan fingerprint density at radius 3 is 2.26 bits per heavy atom. The molecule has 0 spiro atoms. The van der Waals surface area contributed by atoms with Crippen LogP contribution in [0.5, 0.6) is 5.75 Å². The van der Waals surface area contributed by atoms with Crippen LogP contribution in [0, 0.1) is 0 Å². The number of phenolic OH excluding ortho intramolecular Hbond substituents is 1. The van der Waals surface area contributed by atoms with E-state index in [2.05, 4.69) is 4.98 Å². The maximum Gasteiger partial charge on any atom is 0.408 e. The van der Waals surface area contributed by atoms with Crippen LogP contribution in [-0.4, -0.2) is 26.2 Å². The number of carbonyl (C=O) groups is 1. The van der Waals surface area contributed by atoms with Crippen LogP contribution in [0.15, 0.2) is 85.1 Å². The summed E-state index contributed by atoms with van der Waals surface area (Å²) >= 11 is 6.51. The van der Waals surface area contributed by atoms with Gasteiger partial charge >= 0.3 is 6.09 Å². The minimum atomic E-state index is -1.08. The van der Waals surface area contributed by atoms with Gasteiger partial charge in [0.25, 0.3) is 0 Å². The van der Waals surface area contributed by atoms with Crippen molar-refractivity contribution < 1.29 is 15.0 Å². The molecule has 0 aliphatic carbocycles. The highest BCUT2D eigenvalue weighted by atomic mass is 35.5. The molecule has 0 fully saturated rings. The number of aromatic hydroxyl groups is 1. The number of hydrogen-bond acceptors (Lipinski definition) is 3. The van der Waals surface area contributed by atoms with Gasteiger partial charge in [-0.05, 0) is 35.7 Å². The van der Waals surface area contributed by atoms with Crippen molar-refractivity contribution in [2.75, 3.05) is 0 Å². The zero-order chi connectivity index (χ0) is 21.8. The van der Waals surface area contributed by atoms with Gasteiger partial charge in [-0.2, -0.15) is 0 Å². The normalized spacial score (nSPS) is 11.9. The van der Waals surface area contributed by atoms with E-state index in [0.29, 0.717) is 27.9 Å². The SMILES string of the molecule is O=C(O)N(Cc1ccccc1)C(Cc1ccccc1)c1cc(Cl)c2cccnc2c1O. The number of hydrogen-bond donors (Lipinski definition) is 2. The van der Waals surface area contributed by atoms with E-state index in [9.17, 15) is 15.0 Å². The molecule has 5 nitrogen and oxygen atoms in total. The molecule has 0 saturated heterocycles. The maximum absolute atomic E-state index is 12.4. The van der Waals surface area contributed by atoms with Crippen LogP contribution in [0.2, 0.25) is 5.02 Å². The summed E-state index contributed by atoms with van der Waals surface area (Å²) in [6.45, 7) is 0.172. The van der Waals surface area contributed by atoms with Crippen molar-refractivity contribution in [1.82, 2.24) is 9.88 Å². The van der Waals surface area contributed by atoms with Gasteiger partial charge < -0.3 is 10.2 Å². The number of benzene rings is 3. The van der Waals surface area contributed by atoms with E-state index in [4.69, 9.17) is 11.6 Å². The number of nitrogens with zero attached hydrogens (tertiary/aromatic N) is 2. The Morgan fingerprint density at radius 2 is 1.61 bits per heavy atom. The Labute approximate surface area is 185 Å². The summed E-state index contributed by atoms with van der Waals surface area (Å²) < 4.78 is 0. The molecule has 31 heavy (non-hydrogen) atoms. The average Bonchev–Trinajstić information content (AvgIpc) is 2.80. The Bertz CT molecular complexity index is 1200. The molecule has 4 rings (SSSR count). The quantitative estimate of drug-likeness (QED) is 0.388. The highest BCUT2D eigenvalue weighted by Gasteiger charge is 2.29. The predicted octanol–water partition coefficient (Wildman–Crippen LogP) is 6.06. The van der Waals surface area contributed by atoms with Crippen LogP contribution in [0.1, 0.15) is 22.7 Å². The molecule has 0 saturated carbocycles. The minimum Gasteiger partial charge on any atom is -0.505 e. The second kappa shape index (κ2) is 9.06. The molecule has 0 aliphatic rings. The molecule has 4 aromatic rings. The Balaban J connectivity index is 1.85. The molecule has 156 valence electrons. The highest BCUT2D eigenvalue weighted by Crippen LogP contribution is 2.40. The largest absolute Gasteiger partial charge is 0.505 e. The maximum atomic E-state index is 12.4. The predicted molar refractivity (Wildman–Crippen MR) is 121 cm³/mol. The summed E-state index contributed by atoms with van der Waals surface area (Å²) in [6.07, 6.45) is 0.872. The molecule has 0 bridgehead atoms. The first-order chi connectivity index (χ1) is 15.0. The van der Waals surface area contributed by atoms with E-state index < -0.39 is 12.1 Å². The van der Waals surface area contributed by atoms with Gasteiger partial charge in [-0.1, -0.05) is 72.3 Å². The molecule has 1 atom stereocenters. The fraction of sp³-hybridized carbons (Fsp3) is 0.120. The summed E-state index contributed by atoms with van der Waals surface area (Å²) in [7, 11) is 0. The molecule has 0 aliphatic heterocycles. The molecule has 1 amide bonds. The van der Waals surface area contributed by atoms with Gasteiger partial charge in [0.1, 0.15) is 11.3 Å². The molecular weight excluding hydrogens is 412 g/mol. The lowest BCUT2D eigenvalue weighted by Gasteiger charge is -2.31. The molecule has 3 aromatic carbocycles. The standard InChI is InChI=1S/C25H21ClN2O3/c26-21-15-20(24(29)23-19(21)12-7-13-27-23)22(14-17-8-3-1-4-9-17)28(25(30)31)16-18-10-5-2-6-11-18/h1-13,15,22,29H,14,16H2,(H,30,31). The number of amides is 1. The van der Waals surface area contributed by atoms with Crippen molar-refractivity contribution in [2.24, 2.45) is 0 Å². The third kappa shape index (κ3) is 4.47. The van der Waals surface area contributed by atoms with Crippen molar-refractivity contribution in [2.45, 2.75) is 19.0 Å². The molecule has 1 aromatic heterocycles. The lowest BCUT2D eigenvalue weighted by atomic mass is 9.95. The van der Waals surface area contributed by atoms with Crippen molar-refractivity contribution >= 4 is 28.6 Å². The number of phenols is 1. The number of carboxylic acid groups (broad SMARTS) is 1. The molecule has 0 radical (unpaired) electrons. The third-order valence-electron chi connectivity index (χ3n) is 5.29. The first kappa shape index (κ1) is 20.7. The molecule has 6 heteroatoms. The van der Waals surface area contributed by atoms with E-state index in [1.807, 2.05) is 60.7 Å². The van der Waals surface area contributed by atoms with E-state index in [0.717, 1.165) is 11.1 Å². The van der Waals surface area contributed by atoms with E-state index in [1.165, 1.54) is 4.90 Å². The van der Waals surface area contributed by atoms with Crippen molar-refractivity contribution in [3.05, 3.63) is 107 Å². The topological polar surface area (TPSA) is 73.7 Å². The summed E-state index contributed by atoms with van der Waals surface area (Å²) in [4.78, 5) is 18.0. The number of halogens is 1. The van der Waals surface area contributed by atoms with Crippen LogP contribution < -0.4 is 0 Å². The van der Waals surface area contributed by atoms with Crippen LogP contribution in [-0.2, 0) is 13.0 Å². The molecule has 1 heterocycles. The van der Waals surface area contributed by atoms with Gasteiger partial charge in [0.05, 0.1) is 11.1 Å². The number of rotatable bonds is 6. The van der Waals surface area contributed by atoms with E-state index in [-0.39, 0.29) is 12.3 Å². The Morgan fingerprint density at radius 1 is 0.968 bits per heavy atom. The molecular formula is C25H21ClN2O3. The van der Waals surface area contributed by atoms with E-state index >= 15 is 0 Å². The van der Waals surface area contributed by atoms with Gasteiger partial charge in [0, 0.05) is 23.7 Å². The lowest BCUT2D eigenvalue weighted by molar-refractivity contribution is 0.119. The fourth-order valence-electron chi connectivity index (χ4n) is 3.78. The monoisotopic (exact) mass is 432 g/mol. The Hall–Kier alpha value is -3.57. The zero-order valence-corrected chi connectivity index (χ0v) is 17.4. The van der Waals surface area contributed by atoms with Crippen molar-refractivity contribution in [3.8, 4) is 5.75 Å². The Kier molecular flexibility index (Phi) is 6.05. The van der Waals surface area contributed by atoms with Crippen LogP contribution in [0.25, 0.3) is 10.9 Å². The van der Waals surface area contributed by atoms with Gasteiger partial charge in [-0.15, -0.1) is 0 Å². The van der Waals surface area contributed by atoms with Gasteiger partial charge in [-0.25, -0.2) is 4.79 Å². The first-order valence-electron chi connectivity index (χ1n) is 9.88. The van der Waals surface area contributed by atoms with Crippen molar-refractivity contribution in [3.63, 3.8) is 0 Å². The summed E-state index contributed by atoms with van der Waals surface area (Å²) in [5, 5.41) is 22.2. The average molecular weight is 433 g/mol. The third-order valence-corrected chi connectivity index (χ3v) is 5.61. The fourth-order valence-corrected chi connectivity index (χ4v) is 4.05. The second-order valence-electron chi connectivity index (χ2n) is 7.30. The summed E-state index contributed by atoms with van der Waals surface area (Å²) in [6, 6.07) is 23.5. The summed E-state index contributed by atoms with van der Waals surface area (Å²) in [5.74, 6) is -0.0553.